The van der Waals surface area contributed by atoms with Gasteiger partial charge in [0, 0.05) is 6.54 Å². The van der Waals surface area contributed by atoms with Crippen LogP contribution in [0.25, 0.3) is 0 Å². The van der Waals surface area contributed by atoms with Crippen LogP contribution in [-0.2, 0) is 9.53 Å². The molecule has 0 aliphatic carbocycles. The van der Waals surface area contributed by atoms with Gasteiger partial charge in [-0.15, -0.1) is 0 Å². The molecule has 0 spiro atoms. The minimum absolute atomic E-state index is 0.0738. The van der Waals surface area contributed by atoms with Gasteiger partial charge in [-0.2, -0.15) is 0 Å². The third-order valence-electron chi connectivity index (χ3n) is 4.13. The van der Waals surface area contributed by atoms with Crippen molar-refractivity contribution in [3.63, 3.8) is 0 Å². The van der Waals surface area contributed by atoms with Gasteiger partial charge >= 0.3 is 0 Å². The van der Waals surface area contributed by atoms with Crippen LogP contribution >= 0.6 is 0 Å². The van der Waals surface area contributed by atoms with Gasteiger partial charge in [-0.3, -0.25) is 9.59 Å². The molecule has 0 aromatic heterocycles. The zero-order valence-electron chi connectivity index (χ0n) is 13.8. The van der Waals surface area contributed by atoms with Crippen LogP contribution in [-0.4, -0.2) is 43.4 Å². The summed E-state index contributed by atoms with van der Waals surface area (Å²) in [5.74, 6) is -1.90. The molecular formula is C19H18FNO4. The Morgan fingerprint density at radius 2 is 1.96 bits per heavy atom. The first-order chi connectivity index (χ1) is 12.1. The summed E-state index contributed by atoms with van der Waals surface area (Å²) in [7, 11) is 1.37. The third-order valence-corrected chi connectivity index (χ3v) is 4.13. The molecule has 130 valence electrons. The summed E-state index contributed by atoms with van der Waals surface area (Å²) in [4.78, 5) is 26.6. The van der Waals surface area contributed by atoms with Crippen LogP contribution in [0.3, 0.4) is 0 Å². The summed E-state index contributed by atoms with van der Waals surface area (Å²) in [6.07, 6.45) is -0.291. The molecule has 5 nitrogen and oxygen atoms in total. The predicted molar refractivity (Wildman–Crippen MR) is 89.0 cm³/mol. The minimum Gasteiger partial charge on any atom is -0.496 e. The number of halogens is 1. The summed E-state index contributed by atoms with van der Waals surface area (Å²) in [5, 5.41) is 0. The normalized spacial score (nSPS) is 17.2. The number of nitrogens with zero attached hydrogens (tertiary/aromatic N) is 1. The molecule has 1 fully saturated rings. The van der Waals surface area contributed by atoms with Crippen LogP contribution < -0.4 is 4.74 Å². The van der Waals surface area contributed by atoms with E-state index in [1.165, 1.54) is 24.1 Å². The van der Waals surface area contributed by atoms with E-state index in [-0.39, 0.29) is 24.0 Å². The quantitative estimate of drug-likeness (QED) is 0.633. The van der Waals surface area contributed by atoms with Gasteiger partial charge in [0.1, 0.15) is 17.7 Å². The Morgan fingerprint density at radius 1 is 1.20 bits per heavy atom. The summed E-state index contributed by atoms with van der Waals surface area (Å²) >= 11 is 0. The summed E-state index contributed by atoms with van der Waals surface area (Å²) in [6, 6.07) is 13.0. The number of hydrogen-bond acceptors (Lipinski definition) is 4. The number of amides is 1. The maximum atomic E-state index is 13.5. The highest BCUT2D eigenvalue weighted by Crippen LogP contribution is 2.24. The highest BCUT2D eigenvalue weighted by atomic mass is 19.1. The molecule has 0 unspecified atom stereocenters. The number of carbonyl (C=O) groups is 2. The number of benzene rings is 2. The summed E-state index contributed by atoms with van der Waals surface area (Å²) in [5.41, 5.74) is 0.867. The first-order valence-electron chi connectivity index (χ1n) is 7.94. The molecule has 0 bridgehead atoms. The van der Waals surface area contributed by atoms with Crippen molar-refractivity contribution in [3.05, 3.63) is 65.5 Å². The lowest BCUT2D eigenvalue weighted by Crippen LogP contribution is -2.45. The average Bonchev–Trinajstić information content (AvgIpc) is 2.67. The molecule has 1 heterocycles. The molecule has 1 atom stereocenters. The average molecular weight is 343 g/mol. The number of methoxy groups -OCH3 is 1. The lowest BCUT2D eigenvalue weighted by molar-refractivity contribution is -0.134. The second-order valence-corrected chi connectivity index (χ2v) is 5.70. The van der Waals surface area contributed by atoms with Crippen molar-refractivity contribution in [2.24, 2.45) is 0 Å². The van der Waals surface area contributed by atoms with Crippen LogP contribution in [0.2, 0.25) is 0 Å². The Morgan fingerprint density at radius 3 is 2.68 bits per heavy atom. The van der Waals surface area contributed by atoms with Crippen molar-refractivity contribution in [1.82, 2.24) is 4.90 Å². The minimum atomic E-state index is -0.787. The zero-order valence-corrected chi connectivity index (χ0v) is 13.8. The van der Waals surface area contributed by atoms with E-state index in [2.05, 4.69) is 0 Å². The maximum Gasteiger partial charge on any atom is 0.295 e. The second-order valence-electron chi connectivity index (χ2n) is 5.70. The van der Waals surface area contributed by atoms with E-state index in [0.29, 0.717) is 13.2 Å². The van der Waals surface area contributed by atoms with Crippen LogP contribution in [0.1, 0.15) is 22.0 Å². The Labute approximate surface area is 145 Å². The number of morpholine rings is 1. The molecule has 1 amide bonds. The van der Waals surface area contributed by atoms with Gasteiger partial charge in [-0.1, -0.05) is 30.3 Å². The van der Waals surface area contributed by atoms with Gasteiger partial charge in [0.2, 0.25) is 0 Å². The lowest BCUT2D eigenvalue weighted by Gasteiger charge is -2.32. The molecule has 6 heteroatoms. The van der Waals surface area contributed by atoms with Gasteiger partial charge in [-0.25, -0.2) is 4.39 Å². The molecule has 1 saturated heterocycles. The SMILES string of the molecule is COc1ccc(F)cc1C(=O)C(=O)N1CCO[C@@H](c2ccccc2)C1. The highest BCUT2D eigenvalue weighted by molar-refractivity contribution is 6.43. The molecule has 0 N–H and O–H groups in total. The molecule has 3 rings (SSSR count). The Hall–Kier alpha value is -2.73. The molecular weight excluding hydrogens is 325 g/mol. The molecule has 2 aromatic carbocycles. The first-order valence-corrected chi connectivity index (χ1v) is 7.94. The fourth-order valence-corrected chi connectivity index (χ4v) is 2.82. The van der Waals surface area contributed by atoms with Crippen molar-refractivity contribution < 1.29 is 23.5 Å². The third kappa shape index (κ3) is 3.69. The van der Waals surface area contributed by atoms with Crippen LogP contribution in [0.15, 0.2) is 48.5 Å². The molecule has 25 heavy (non-hydrogen) atoms. The van der Waals surface area contributed by atoms with Crippen molar-refractivity contribution in [2.75, 3.05) is 26.8 Å². The molecule has 0 saturated carbocycles. The zero-order chi connectivity index (χ0) is 17.8. The van der Waals surface area contributed by atoms with Crippen LogP contribution in [0, 0.1) is 5.82 Å². The van der Waals surface area contributed by atoms with Crippen LogP contribution in [0.4, 0.5) is 4.39 Å². The summed E-state index contributed by atoms with van der Waals surface area (Å²) < 4.78 is 24.3. The standard InChI is InChI=1S/C19H18FNO4/c1-24-16-8-7-14(20)11-15(16)18(22)19(23)21-9-10-25-17(12-21)13-5-3-2-4-6-13/h2-8,11,17H,9-10,12H2,1H3/t17-/m1/s1. The number of Topliss-reactive ketones (excluding diaryl/α,β-unsaturated/α-hetero) is 1. The fraction of sp³-hybridized carbons (Fsp3) is 0.263. The predicted octanol–water partition coefficient (Wildman–Crippen LogP) is 2.62. The van der Waals surface area contributed by atoms with Crippen molar-refractivity contribution in [2.45, 2.75) is 6.10 Å². The number of hydrogen-bond donors (Lipinski definition) is 0. The molecule has 1 aliphatic rings. The van der Waals surface area contributed by atoms with E-state index < -0.39 is 17.5 Å². The Kier molecular flexibility index (Phi) is 5.09. The summed E-state index contributed by atoms with van der Waals surface area (Å²) in [6.45, 7) is 0.913. The maximum absolute atomic E-state index is 13.5. The second kappa shape index (κ2) is 7.44. The Bertz CT molecular complexity index is 778. The smallest absolute Gasteiger partial charge is 0.295 e. The van der Waals surface area contributed by atoms with E-state index in [9.17, 15) is 14.0 Å². The van der Waals surface area contributed by atoms with Crippen molar-refractivity contribution in [3.8, 4) is 5.75 Å². The fourth-order valence-electron chi connectivity index (χ4n) is 2.82. The monoisotopic (exact) mass is 343 g/mol. The lowest BCUT2D eigenvalue weighted by atomic mass is 10.1. The van der Waals surface area contributed by atoms with Crippen molar-refractivity contribution >= 4 is 11.7 Å². The van der Waals surface area contributed by atoms with E-state index in [4.69, 9.17) is 9.47 Å². The van der Waals surface area contributed by atoms with Gasteiger partial charge in [0.15, 0.2) is 0 Å². The molecule has 1 aliphatic heterocycles. The topological polar surface area (TPSA) is 55.8 Å². The largest absolute Gasteiger partial charge is 0.496 e. The number of ketones is 1. The van der Waals surface area contributed by atoms with Gasteiger partial charge in [0.25, 0.3) is 11.7 Å². The van der Waals surface area contributed by atoms with Crippen molar-refractivity contribution in [1.29, 1.82) is 0 Å². The molecule has 2 aromatic rings. The number of rotatable bonds is 4. The Balaban J connectivity index is 1.78. The number of carbonyl (C=O) groups excluding carboxylic acids is 2. The molecule has 0 radical (unpaired) electrons. The van der Waals surface area contributed by atoms with Gasteiger partial charge in [-0.05, 0) is 23.8 Å². The first kappa shape index (κ1) is 17.1. The van der Waals surface area contributed by atoms with E-state index in [1.807, 2.05) is 30.3 Å². The number of ether oxygens (including phenoxy) is 2. The van der Waals surface area contributed by atoms with E-state index >= 15 is 0 Å². The van der Waals surface area contributed by atoms with Crippen LogP contribution in [0.5, 0.6) is 5.75 Å². The van der Waals surface area contributed by atoms with Gasteiger partial charge < -0.3 is 14.4 Å². The van der Waals surface area contributed by atoms with Gasteiger partial charge in [0.05, 0.1) is 25.8 Å². The highest BCUT2D eigenvalue weighted by Gasteiger charge is 2.31. The van der Waals surface area contributed by atoms with E-state index in [1.54, 1.807) is 0 Å². The van der Waals surface area contributed by atoms with E-state index in [0.717, 1.165) is 11.6 Å².